The summed E-state index contributed by atoms with van der Waals surface area (Å²) in [5.41, 5.74) is -0.238. The van der Waals surface area contributed by atoms with Crippen molar-refractivity contribution in [2.24, 2.45) is 0 Å². The smallest absolute Gasteiger partial charge is 0.416 e. The molecule has 0 bridgehead atoms. The lowest BCUT2D eigenvalue weighted by Crippen LogP contribution is -2.21. The summed E-state index contributed by atoms with van der Waals surface area (Å²) in [6.45, 7) is 3.63. The fourth-order valence-corrected chi connectivity index (χ4v) is 3.96. The largest absolute Gasteiger partial charge is 0.489 e. The summed E-state index contributed by atoms with van der Waals surface area (Å²) < 4.78 is 65.8. The number of benzene rings is 3. The molecule has 0 spiro atoms. The normalized spacial score (nSPS) is 14.9. The molecule has 3 aromatic carbocycles. The van der Waals surface area contributed by atoms with E-state index in [1.54, 1.807) is 30.3 Å². The SMILES string of the molecule is CC1(C)C=C(c2c(F)cccc2Cl)Oc2cc(OCc3ccccc3C(F)(F)F)ccc21. The summed E-state index contributed by atoms with van der Waals surface area (Å²) in [6.07, 6.45) is -2.68. The van der Waals surface area contributed by atoms with Gasteiger partial charge in [0.05, 0.1) is 16.1 Å². The van der Waals surface area contributed by atoms with Gasteiger partial charge >= 0.3 is 6.18 Å². The Bertz CT molecular complexity index is 1180. The minimum absolute atomic E-state index is 0.0256. The molecule has 32 heavy (non-hydrogen) atoms. The lowest BCUT2D eigenvalue weighted by atomic mass is 9.81. The molecule has 1 heterocycles. The molecule has 4 rings (SSSR count). The Kier molecular flexibility index (Phi) is 5.67. The maximum atomic E-state index is 14.5. The van der Waals surface area contributed by atoms with E-state index in [9.17, 15) is 17.6 Å². The second-order valence-corrected chi connectivity index (χ2v) is 8.44. The third kappa shape index (κ3) is 4.32. The molecule has 0 amide bonds. The van der Waals surface area contributed by atoms with Crippen LogP contribution < -0.4 is 9.47 Å². The van der Waals surface area contributed by atoms with E-state index in [4.69, 9.17) is 21.1 Å². The van der Waals surface area contributed by atoms with Crippen LogP contribution in [0.5, 0.6) is 11.5 Å². The lowest BCUT2D eigenvalue weighted by Gasteiger charge is -2.31. The molecule has 0 unspecified atom stereocenters. The van der Waals surface area contributed by atoms with E-state index >= 15 is 0 Å². The van der Waals surface area contributed by atoms with Gasteiger partial charge in [-0.1, -0.05) is 55.8 Å². The highest BCUT2D eigenvalue weighted by atomic mass is 35.5. The molecule has 0 saturated carbocycles. The van der Waals surface area contributed by atoms with Crippen LogP contribution in [0.15, 0.2) is 66.7 Å². The van der Waals surface area contributed by atoms with Crippen LogP contribution in [0.2, 0.25) is 5.02 Å². The minimum atomic E-state index is -4.47. The average molecular weight is 463 g/mol. The molecule has 1 aliphatic heterocycles. The third-order valence-corrected chi connectivity index (χ3v) is 5.60. The molecular formula is C25H19ClF4O2. The molecule has 0 N–H and O–H groups in total. The van der Waals surface area contributed by atoms with Crippen molar-refractivity contribution in [1.82, 2.24) is 0 Å². The fraction of sp³-hybridized carbons (Fsp3) is 0.200. The maximum Gasteiger partial charge on any atom is 0.416 e. The van der Waals surface area contributed by atoms with E-state index in [1.807, 2.05) is 13.8 Å². The van der Waals surface area contributed by atoms with Crippen LogP contribution in [-0.4, -0.2) is 0 Å². The Hall–Kier alpha value is -2.99. The van der Waals surface area contributed by atoms with Crippen LogP contribution in [-0.2, 0) is 18.2 Å². The molecule has 0 saturated heterocycles. The Balaban J connectivity index is 1.63. The summed E-state index contributed by atoms with van der Waals surface area (Å²) in [7, 11) is 0. The van der Waals surface area contributed by atoms with Crippen LogP contribution >= 0.6 is 11.6 Å². The van der Waals surface area contributed by atoms with Crippen molar-refractivity contribution in [1.29, 1.82) is 0 Å². The van der Waals surface area contributed by atoms with Gasteiger partial charge in [0, 0.05) is 22.6 Å². The highest BCUT2D eigenvalue weighted by Crippen LogP contribution is 2.44. The first-order valence-corrected chi connectivity index (χ1v) is 10.2. The summed E-state index contributed by atoms with van der Waals surface area (Å²) >= 11 is 6.21. The lowest BCUT2D eigenvalue weighted by molar-refractivity contribution is -0.138. The number of ether oxygens (including phenoxy) is 2. The standard InChI is InChI=1S/C25H19ClF4O2/c1-24(2)13-22(23-19(26)8-5-9-20(23)27)32-21-12-16(10-11-18(21)24)31-14-15-6-3-4-7-17(15)25(28,29)30/h3-13H,14H2,1-2H3. The van der Waals surface area contributed by atoms with Crippen molar-refractivity contribution in [2.45, 2.75) is 32.0 Å². The zero-order valence-corrected chi connectivity index (χ0v) is 18.0. The Labute approximate surface area is 188 Å². The monoisotopic (exact) mass is 462 g/mol. The first kappa shape index (κ1) is 22.2. The number of alkyl halides is 3. The first-order valence-electron chi connectivity index (χ1n) is 9.84. The van der Waals surface area contributed by atoms with Gasteiger partial charge in [-0.05, 0) is 30.3 Å². The van der Waals surface area contributed by atoms with Gasteiger partial charge in [-0.2, -0.15) is 13.2 Å². The molecule has 1 aliphatic rings. The molecule has 0 radical (unpaired) electrons. The zero-order valence-electron chi connectivity index (χ0n) is 17.3. The molecule has 0 fully saturated rings. The van der Waals surface area contributed by atoms with Gasteiger partial charge in [-0.15, -0.1) is 0 Å². The van der Waals surface area contributed by atoms with E-state index in [0.717, 1.165) is 11.6 Å². The highest BCUT2D eigenvalue weighted by Gasteiger charge is 2.33. The van der Waals surface area contributed by atoms with Gasteiger partial charge in [0.15, 0.2) is 0 Å². The molecule has 3 aromatic rings. The van der Waals surface area contributed by atoms with Gasteiger partial charge in [0.25, 0.3) is 0 Å². The van der Waals surface area contributed by atoms with E-state index in [-0.39, 0.29) is 28.5 Å². The van der Waals surface area contributed by atoms with E-state index in [2.05, 4.69) is 0 Å². The van der Waals surface area contributed by atoms with E-state index < -0.39 is 23.0 Å². The third-order valence-electron chi connectivity index (χ3n) is 5.29. The number of hydrogen-bond acceptors (Lipinski definition) is 2. The first-order chi connectivity index (χ1) is 15.1. The number of allylic oxidation sites excluding steroid dienone is 1. The predicted octanol–water partition coefficient (Wildman–Crippen LogP) is 7.79. The second kappa shape index (κ2) is 8.17. The number of halogens is 5. The van der Waals surface area contributed by atoms with Crippen LogP contribution in [0.4, 0.5) is 17.6 Å². The van der Waals surface area contributed by atoms with E-state index in [1.165, 1.54) is 30.3 Å². The van der Waals surface area contributed by atoms with Gasteiger partial charge in [-0.3, -0.25) is 0 Å². The topological polar surface area (TPSA) is 18.5 Å². The summed E-state index contributed by atoms with van der Waals surface area (Å²) in [5.74, 6) is 0.509. The van der Waals surface area contributed by atoms with Crippen LogP contribution in [0, 0.1) is 5.82 Å². The number of fused-ring (bicyclic) bond motifs is 1. The van der Waals surface area contributed by atoms with Crippen molar-refractivity contribution < 1.29 is 27.0 Å². The van der Waals surface area contributed by atoms with Crippen molar-refractivity contribution in [3.8, 4) is 11.5 Å². The molecule has 7 heteroatoms. The van der Waals surface area contributed by atoms with E-state index in [0.29, 0.717) is 11.5 Å². The Morgan fingerprint density at radius 2 is 1.75 bits per heavy atom. The van der Waals surface area contributed by atoms with Crippen LogP contribution in [0.25, 0.3) is 5.76 Å². The quantitative estimate of drug-likeness (QED) is 0.368. The second-order valence-electron chi connectivity index (χ2n) is 8.03. The Morgan fingerprint density at radius 1 is 1.00 bits per heavy atom. The fourth-order valence-electron chi connectivity index (χ4n) is 3.70. The van der Waals surface area contributed by atoms with Crippen molar-refractivity contribution in [3.05, 3.63) is 99.8 Å². The maximum absolute atomic E-state index is 14.5. The molecule has 166 valence electrons. The predicted molar refractivity (Wildman–Crippen MR) is 115 cm³/mol. The van der Waals surface area contributed by atoms with Gasteiger partial charge in [-0.25, -0.2) is 4.39 Å². The van der Waals surface area contributed by atoms with Crippen LogP contribution in [0.1, 0.15) is 36.1 Å². The molecule has 0 atom stereocenters. The Morgan fingerprint density at radius 3 is 2.47 bits per heavy atom. The van der Waals surface area contributed by atoms with Gasteiger partial charge < -0.3 is 9.47 Å². The molecular weight excluding hydrogens is 444 g/mol. The molecule has 2 nitrogen and oxygen atoms in total. The molecule has 0 aliphatic carbocycles. The number of rotatable bonds is 4. The summed E-state index contributed by atoms with van der Waals surface area (Å²) in [6, 6.07) is 14.7. The average Bonchev–Trinajstić information content (AvgIpc) is 2.71. The van der Waals surface area contributed by atoms with Crippen molar-refractivity contribution in [3.63, 3.8) is 0 Å². The van der Waals surface area contributed by atoms with Gasteiger partial charge in [0.1, 0.15) is 29.7 Å². The van der Waals surface area contributed by atoms with Crippen molar-refractivity contribution in [2.75, 3.05) is 0 Å². The summed E-state index contributed by atoms with van der Waals surface area (Å²) in [5, 5.41) is 0.215. The minimum Gasteiger partial charge on any atom is -0.489 e. The number of hydrogen-bond donors (Lipinski definition) is 0. The summed E-state index contributed by atoms with van der Waals surface area (Å²) in [4.78, 5) is 0. The molecule has 0 aromatic heterocycles. The zero-order chi connectivity index (χ0) is 23.1. The highest BCUT2D eigenvalue weighted by molar-refractivity contribution is 6.32. The van der Waals surface area contributed by atoms with Gasteiger partial charge in [0.2, 0.25) is 0 Å². The van der Waals surface area contributed by atoms with Crippen LogP contribution in [0.3, 0.4) is 0 Å². The van der Waals surface area contributed by atoms with Crippen molar-refractivity contribution >= 4 is 17.4 Å².